The van der Waals surface area contributed by atoms with Gasteiger partial charge in [-0.3, -0.25) is 9.69 Å². The van der Waals surface area contributed by atoms with E-state index in [1.54, 1.807) is 0 Å². The van der Waals surface area contributed by atoms with Gasteiger partial charge in [-0.05, 0) is 66.5 Å². The molecule has 0 aliphatic carbocycles. The molecule has 114 valence electrons. The van der Waals surface area contributed by atoms with E-state index in [9.17, 15) is 4.79 Å². The highest BCUT2D eigenvalue weighted by molar-refractivity contribution is 9.11. The Kier molecular flexibility index (Phi) is 5.02. The lowest BCUT2D eigenvalue weighted by Gasteiger charge is -2.32. The Hall–Kier alpha value is -0.390. The molecule has 0 N–H and O–H groups in total. The Morgan fingerprint density at radius 2 is 1.86 bits per heavy atom. The van der Waals surface area contributed by atoms with E-state index in [1.165, 1.54) is 32.4 Å². The fraction of sp³-hybridized carbons (Fsp3) is 0.562. The maximum Gasteiger partial charge on any atom is 0.255 e. The van der Waals surface area contributed by atoms with Gasteiger partial charge < -0.3 is 4.90 Å². The molecule has 21 heavy (non-hydrogen) atoms. The monoisotopic (exact) mass is 414 g/mol. The van der Waals surface area contributed by atoms with Crippen molar-refractivity contribution in [2.24, 2.45) is 0 Å². The molecule has 2 heterocycles. The van der Waals surface area contributed by atoms with Crippen LogP contribution in [0, 0.1) is 0 Å². The summed E-state index contributed by atoms with van der Waals surface area (Å²) in [5.74, 6) is 0.147. The molecule has 1 aromatic carbocycles. The second kappa shape index (κ2) is 6.80. The van der Waals surface area contributed by atoms with Crippen molar-refractivity contribution in [2.45, 2.75) is 31.7 Å². The lowest BCUT2D eigenvalue weighted by Crippen LogP contribution is -2.41. The lowest BCUT2D eigenvalue weighted by molar-refractivity contribution is 0.0770. The summed E-state index contributed by atoms with van der Waals surface area (Å²) in [6, 6.07) is 6.32. The topological polar surface area (TPSA) is 23.6 Å². The first-order valence-corrected chi connectivity index (χ1v) is 9.22. The number of benzene rings is 1. The highest BCUT2D eigenvalue weighted by atomic mass is 79.9. The molecule has 1 amide bonds. The molecule has 2 aliphatic heterocycles. The van der Waals surface area contributed by atoms with Crippen LogP contribution in [0.15, 0.2) is 27.1 Å². The highest BCUT2D eigenvalue weighted by Crippen LogP contribution is 2.26. The van der Waals surface area contributed by atoms with Crippen molar-refractivity contribution in [1.82, 2.24) is 9.80 Å². The molecule has 0 saturated carbocycles. The smallest absolute Gasteiger partial charge is 0.255 e. The van der Waals surface area contributed by atoms with Crippen LogP contribution in [0.1, 0.15) is 36.0 Å². The van der Waals surface area contributed by atoms with Gasteiger partial charge >= 0.3 is 0 Å². The summed E-state index contributed by atoms with van der Waals surface area (Å²) in [7, 11) is 0. The number of carbonyl (C=O) groups excluding carboxylic acids is 1. The van der Waals surface area contributed by atoms with Crippen LogP contribution in [0.25, 0.3) is 0 Å². The van der Waals surface area contributed by atoms with Gasteiger partial charge in [0.15, 0.2) is 0 Å². The van der Waals surface area contributed by atoms with Crippen LogP contribution in [-0.4, -0.2) is 47.9 Å². The molecule has 2 fully saturated rings. The molecular weight excluding hydrogens is 396 g/mol. The van der Waals surface area contributed by atoms with Crippen LogP contribution in [0.5, 0.6) is 0 Å². The molecule has 3 nitrogen and oxygen atoms in total. The van der Waals surface area contributed by atoms with E-state index in [-0.39, 0.29) is 5.91 Å². The molecule has 0 radical (unpaired) electrons. The fourth-order valence-electron chi connectivity index (χ4n) is 3.34. The zero-order chi connectivity index (χ0) is 14.8. The first-order chi connectivity index (χ1) is 10.1. The second-order valence-electron chi connectivity index (χ2n) is 5.91. The molecule has 2 saturated heterocycles. The van der Waals surface area contributed by atoms with Crippen LogP contribution in [-0.2, 0) is 0 Å². The van der Waals surface area contributed by atoms with E-state index in [0.717, 1.165) is 34.0 Å². The van der Waals surface area contributed by atoms with Crippen LogP contribution in [0.3, 0.4) is 0 Å². The Balaban J connectivity index is 1.66. The van der Waals surface area contributed by atoms with Crippen LogP contribution in [0.2, 0.25) is 0 Å². The van der Waals surface area contributed by atoms with Crippen molar-refractivity contribution in [3.05, 3.63) is 32.7 Å². The highest BCUT2D eigenvalue weighted by Gasteiger charge is 2.31. The first-order valence-electron chi connectivity index (χ1n) is 7.63. The van der Waals surface area contributed by atoms with E-state index in [2.05, 4.69) is 36.8 Å². The minimum absolute atomic E-state index is 0.147. The maximum atomic E-state index is 12.7. The second-order valence-corrected chi connectivity index (χ2v) is 7.68. The quantitative estimate of drug-likeness (QED) is 0.730. The lowest BCUT2D eigenvalue weighted by atomic mass is 10.1. The van der Waals surface area contributed by atoms with Crippen molar-refractivity contribution in [3.8, 4) is 0 Å². The number of hydrogen-bond acceptors (Lipinski definition) is 2. The summed E-state index contributed by atoms with van der Waals surface area (Å²) in [6.45, 7) is 4.16. The normalized spacial score (nSPS) is 23.5. The van der Waals surface area contributed by atoms with E-state index in [1.807, 2.05) is 23.1 Å². The molecule has 3 rings (SSSR count). The first kappa shape index (κ1) is 15.5. The summed E-state index contributed by atoms with van der Waals surface area (Å²) < 4.78 is 1.85. The number of halogens is 2. The predicted molar refractivity (Wildman–Crippen MR) is 91.6 cm³/mol. The van der Waals surface area contributed by atoms with E-state index >= 15 is 0 Å². The average molecular weight is 416 g/mol. The molecule has 5 heteroatoms. The Bertz CT molecular complexity index is 529. The third-order valence-electron chi connectivity index (χ3n) is 4.52. The summed E-state index contributed by atoms with van der Waals surface area (Å²) in [5.41, 5.74) is 0.762. The van der Waals surface area contributed by atoms with Gasteiger partial charge in [-0.1, -0.05) is 22.4 Å². The van der Waals surface area contributed by atoms with E-state index in [4.69, 9.17) is 0 Å². The molecule has 2 aliphatic rings. The third-order valence-corrected chi connectivity index (χ3v) is 5.67. The summed E-state index contributed by atoms with van der Waals surface area (Å²) in [4.78, 5) is 17.3. The van der Waals surface area contributed by atoms with Crippen molar-refractivity contribution in [3.63, 3.8) is 0 Å². The van der Waals surface area contributed by atoms with Gasteiger partial charge in [0, 0.05) is 28.1 Å². The predicted octanol–water partition coefficient (Wildman–Crippen LogP) is 3.91. The van der Waals surface area contributed by atoms with Gasteiger partial charge in [0.2, 0.25) is 0 Å². The van der Waals surface area contributed by atoms with Gasteiger partial charge in [-0.25, -0.2) is 0 Å². The zero-order valence-electron chi connectivity index (χ0n) is 12.0. The van der Waals surface area contributed by atoms with Crippen molar-refractivity contribution in [2.75, 3.05) is 26.2 Å². The average Bonchev–Trinajstić information content (AvgIpc) is 2.97. The number of hydrogen-bond donors (Lipinski definition) is 0. The molecule has 1 atom stereocenters. The molecule has 0 bridgehead atoms. The molecular formula is C16H20Br2N2O. The summed E-state index contributed by atoms with van der Waals surface area (Å²) in [5, 5.41) is 0. The van der Waals surface area contributed by atoms with Crippen molar-refractivity contribution < 1.29 is 4.79 Å². The Morgan fingerprint density at radius 3 is 2.57 bits per heavy atom. The number of rotatable bonds is 2. The van der Waals surface area contributed by atoms with Gasteiger partial charge in [0.1, 0.15) is 0 Å². The molecule has 0 aromatic heterocycles. The standard InChI is InChI=1S/C16H20Br2N2O/c17-12-4-5-14(15(18)10-12)16(21)20-9-6-13(11-20)19-7-2-1-3-8-19/h4-5,10,13H,1-3,6-9,11H2. The molecule has 1 unspecified atom stereocenters. The van der Waals surface area contributed by atoms with E-state index < -0.39 is 0 Å². The number of nitrogens with zero attached hydrogens (tertiary/aromatic N) is 2. The van der Waals surface area contributed by atoms with Crippen LogP contribution in [0.4, 0.5) is 0 Å². The molecule has 0 spiro atoms. The largest absolute Gasteiger partial charge is 0.337 e. The third kappa shape index (κ3) is 3.51. The maximum absolute atomic E-state index is 12.7. The van der Waals surface area contributed by atoms with Gasteiger partial charge in [-0.15, -0.1) is 0 Å². The van der Waals surface area contributed by atoms with Crippen molar-refractivity contribution in [1.29, 1.82) is 0 Å². The SMILES string of the molecule is O=C(c1ccc(Br)cc1Br)N1CCC(N2CCCCC2)C1. The zero-order valence-corrected chi connectivity index (χ0v) is 15.2. The number of amides is 1. The van der Waals surface area contributed by atoms with Crippen LogP contribution < -0.4 is 0 Å². The van der Waals surface area contributed by atoms with Crippen molar-refractivity contribution >= 4 is 37.8 Å². The summed E-state index contributed by atoms with van der Waals surface area (Å²) >= 11 is 6.93. The van der Waals surface area contributed by atoms with E-state index in [0.29, 0.717) is 6.04 Å². The van der Waals surface area contributed by atoms with Gasteiger partial charge in [-0.2, -0.15) is 0 Å². The summed E-state index contributed by atoms with van der Waals surface area (Å²) in [6.07, 6.45) is 5.09. The minimum atomic E-state index is 0.147. The van der Waals surface area contributed by atoms with Gasteiger partial charge in [0.25, 0.3) is 5.91 Å². The Labute approximate surface area is 142 Å². The van der Waals surface area contributed by atoms with Crippen LogP contribution >= 0.6 is 31.9 Å². The number of piperidine rings is 1. The molecule has 1 aromatic rings. The minimum Gasteiger partial charge on any atom is -0.337 e. The number of likely N-dealkylation sites (tertiary alicyclic amines) is 2. The number of carbonyl (C=O) groups is 1. The van der Waals surface area contributed by atoms with Gasteiger partial charge in [0.05, 0.1) is 5.56 Å². The Morgan fingerprint density at radius 1 is 1.10 bits per heavy atom. The fourth-order valence-corrected chi connectivity index (χ4v) is 4.56.